The van der Waals surface area contributed by atoms with Gasteiger partial charge in [0.1, 0.15) is 0 Å². The van der Waals surface area contributed by atoms with E-state index in [2.05, 4.69) is 5.32 Å². The zero-order valence-corrected chi connectivity index (χ0v) is 14.9. The van der Waals surface area contributed by atoms with E-state index >= 15 is 0 Å². The van der Waals surface area contributed by atoms with Crippen LogP contribution < -0.4 is 5.32 Å². The van der Waals surface area contributed by atoms with Crippen molar-refractivity contribution >= 4 is 15.9 Å². The highest BCUT2D eigenvalue weighted by Crippen LogP contribution is 2.15. The number of hydrogen-bond acceptors (Lipinski definition) is 3. The highest BCUT2D eigenvalue weighted by atomic mass is 32.2. The van der Waals surface area contributed by atoms with E-state index in [0.717, 1.165) is 9.87 Å². The summed E-state index contributed by atoms with van der Waals surface area (Å²) in [6.45, 7) is 2.56. The van der Waals surface area contributed by atoms with E-state index in [0.29, 0.717) is 12.1 Å². The summed E-state index contributed by atoms with van der Waals surface area (Å²) in [6, 6.07) is 15.9. The van der Waals surface area contributed by atoms with Gasteiger partial charge in [-0.25, -0.2) is 12.7 Å². The van der Waals surface area contributed by atoms with E-state index in [1.54, 1.807) is 0 Å². The quantitative estimate of drug-likeness (QED) is 0.874. The van der Waals surface area contributed by atoms with Crippen LogP contribution in [0.4, 0.5) is 0 Å². The van der Waals surface area contributed by atoms with Crippen molar-refractivity contribution in [2.45, 2.75) is 17.7 Å². The van der Waals surface area contributed by atoms with Gasteiger partial charge in [-0.15, -0.1) is 0 Å². The molecule has 0 fully saturated rings. The van der Waals surface area contributed by atoms with Gasteiger partial charge in [0.05, 0.1) is 4.90 Å². The lowest BCUT2D eigenvalue weighted by Crippen LogP contribution is -2.27. The summed E-state index contributed by atoms with van der Waals surface area (Å²) in [5, 5.41) is 2.88. The topological polar surface area (TPSA) is 66.5 Å². The molecular formula is C18H22N2O3S. The molecule has 0 aliphatic rings. The van der Waals surface area contributed by atoms with Crippen LogP contribution in [-0.2, 0) is 10.0 Å². The molecule has 2 aromatic rings. The largest absolute Gasteiger partial charge is 0.351 e. The number of carbonyl (C=O) groups excluding carboxylic acids is 1. The van der Waals surface area contributed by atoms with Crippen LogP contribution in [-0.4, -0.2) is 39.3 Å². The number of carbonyl (C=O) groups is 1. The van der Waals surface area contributed by atoms with Gasteiger partial charge >= 0.3 is 0 Å². The first-order chi connectivity index (χ1) is 11.3. The zero-order chi connectivity index (χ0) is 17.7. The Morgan fingerprint density at radius 3 is 2.17 bits per heavy atom. The molecule has 2 aromatic carbocycles. The van der Waals surface area contributed by atoms with Gasteiger partial charge in [-0.1, -0.05) is 37.3 Å². The van der Waals surface area contributed by atoms with Crippen LogP contribution in [0.25, 0.3) is 0 Å². The van der Waals surface area contributed by atoms with Gasteiger partial charge < -0.3 is 5.32 Å². The number of sulfonamides is 1. The first kappa shape index (κ1) is 18.2. The van der Waals surface area contributed by atoms with Gasteiger partial charge in [0.25, 0.3) is 5.91 Å². The molecule has 0 radical (unpaired) electrons. The molecule has 128 valence electrons. The monoisotopic (exact) mass is 346 g/mol. The van der Waals surface area contributed by atoms with Crippen LogP contribution in [0.15, 0.2) is 59.5 Å². The molecule has 5 nitrogen and oxygen atoms in total. The third-order valence-corrected chi connectivity index (χ3v) is 5.66. The van der Waals surface area contributed by atoms with Gasteiger partial charge in [0.2, 0.25) is 10.0 Å². The Morgan fingerprint density at radius 2 is 1.62 bits per heavy atom. The van der Waals surface area contributed by atoms with Gasteiger partial charge in [-0.3, -0.25) is 4.79 Å². The molecule has 0 spiro atoms. The smallest absolute Gasteiger partial charge is 0.251 e. The molecule has 0 aromatic heterocycles. The highest BCUT2D eigenvalue weighted by molar-refractivity contribution is 7.89. The molecule has 6 heteroatoms. The van der Waals surface area contributed by atoms with Gasteiger partial charge in [-0.2, -0.15) is 0 Å². The molecule has 0 heterocycles. The van der Waals surface area contributed by atoms with Crippen LogP contribution in [0.3, 0.4) is 0 Å². The maximum atomic E-state index is 12.2. The summed E-state index contributed by atoms with van der Waals surface area (Å²) in [5.41, 5.74) is 1.60. The number of benzene rings is 2. The molecule has 1 N–H and O–H groups in total. The maximum Gasteiger partial charge on any atom is 0.251 e. The molecule has 1 amide bonds. The fourth-order valence-corrected chi connectivity index (χ4v) is 3.14. The molecule has 0 bridgehead atoms. The van der Waals surface area contributed by atoms with Crippen LogP contribution in [0.2, 0.25) is 0 Å². The average Bonchev–Trinajstić information content (AvgIpc) is 2.60. The van der Waals surface area contributed by atoms with Crippen LogP contribution in [0.1, 0.15) is 28.8 Å². The molecule has 2 rings (SSSR count). The number of nitrogens with one attached hydrogen (secondary N) is 1. The Bertz CT molecular complexity index is 785. The molecule has 0 saturated heterocycles. The standard InChI is InChI=1S/C18H22N2O3S/c1-14(15-7-5-4-6-8-15)13-19-18(21)16-9-11-17(12-10-16)24(22,23)20(2)3/h4-12,14H,13H2,1-3H3,(H,19,21). The minimum atomic E-state index is -3.48. The van der Waals surface area contributed by atoms with Gasteiger partial charge in [-0.05, 0) is 35.7 Å². The Kier molecular flexibility index (Phi) is 5.75. The Hall–Kier alpha value is -2.18. The lowest BCUT2D eigenvalue weighted by molar-refractivity contribution is 0.0951. The Morgan fingerprint density at radius 1 is 1.04 bits per heavy atom. The second-order valence-electron chi connectivity index (χ2n) is 5.83. The molecular weight excluding hydrogens is 324 g/mol. The predicted octanol–water partition coefficient (Wildman–Crippen LogP) is 2.47. The third kappa shape index (κ3) is 4.21. The normalized spacial score (nSPS) is 12.8. The third-order valence-electron chi connectivity index (χ3n) is 3.83. The van der Waals surface area contributed by atoms with Crippen molar-refractivity contribution in [1.82, 2.24) is 9.62 Å². The second-order valence-corrected chi connectivity index (χ2v) is 7.99. The van der Waals surface area contributed by atoms with Crippen molar-refractivity contribution < 1.29 is 13.2 Å². The summed E-state index contributed by atoms with van der Waals surface area (Å²) in [6.07, 6.45) is 0. The molecule has 24 heavy (non-hydrogen) atoms. The average molecular weight is 346 g/mol. The molecule has 0 aliphatic heterocycles. The van der Waals surface area contributed by atoms with Crippen molar-refractivity contribution in [3.05, 3.63) is 65.7 Å². The predicted molar refractivity (Wildman–Crippen MR) is 94.5 cm³/mol. The van der Waals surface area contributed by atoms with E-state index < -0.39 is 10.0 Å². The summed E-state index contributed by atoms with van der Waals surface area (Å²) >= 11 is 0. The maximum absolute atomic E-state index is 12.2. The summed E-state index contributed by atoms with van der Waals surface area (Å²) in [4.78, 5) is 12.4. The van der Waals surface area contributed by atoms with Crippen LogP contribution in [0.5, 0.6) is 0 Å². The van der Waals surface area contributed by atoms with Crippen LogP contribution in [0, 0.1) is 0 Å². The fourth-order valence-electron chi connectivity index (χ4n) is 2.24. The first-order valence-corrected chi connectivity index (χ1v) is 9.12. The summed E-state index contributed by atoms with van der Waals surface area (Å²) < 4.78 is 25.2. The number of rotatable bonds is 6. The van der Waals surface area contributed by atoms with Crippen LogP contribution >= 0.6 is 0 Å². The number of nitrogens with zero attached hydrogens (tertiary/aromatic N) is 1. The van der Waals surface area contributed by atoms with E-state index in [9.17, 15) is 13.2 Å². The van der Waals surface area contributed by atoms with E-state index in [1.165, 1.54) is 38.4 Å². The lowest BCUT2D eigenvalue weighted by Gasteiger charge is -2.14. The van der Waals surface area contributed by atoms with Crippen molar-refractivity contribution in [1.29, 1.82) is 0 Å². The number of amides is 1. The Labute approximate surface area is 143 Å². The summed E-state index contributed by atoms with van der Waals surface area (Å²) in [5.74, 6) is -0.0184. The molecule has 0 saturated carbocycles. The minimum absolute atomic E-state index is 0.168. The Balaban J connectivity index is 2.01. The zero-order valence-electron chi connectivity index (χ0n) is 14.1. The van der Waals surface area contributed by atoms with Gasteiger partial charge in [0.15, 0.2) is 0 Å². The molecule has 0 aliphatic carbocycles. The molecule has 1 atom stereocenters. The lowest BCUT2D eigenvalue weighted by atomic mass is 10.0. The molecule has 1 unspecified atom stereocenters. The summed E-state index contributed by atoms with van der Waals surface area (Å²) in [7, 11) is -0.533. The van der Waals surface area contributed by atoms with E-state index in [4.69, 9.17) is 0 Å². The van der Waals surface area contributed by atoms with E-state index in [-0.39, 0.29) is 16.7 Å². The van der Waals surface area contributed by atoms with Crippen molar-refractivity contribution in [2.24, 2.45) is 0 Å². The van der Waals surface area contributed by atoms with Crippen molar-refractivity contribution in [2.75, 3.05) is 20.6 Å². The van der Waals surface area contributed by atoms with E-state index in [1.807, 2.05) is 37.3 Å². The van der Waals surface area contributed by atoms with Gasteiger partial charge in [0, 0.05) is 26.2 Å². The van der Waals surface area contributed by atoms with Crippen molar-refractivity contribution in [3.63, 3.8) is 0 Å². The number of hydrogen-bond donors (Lipinski definition) is 1. The SMILES string of the molecule is CC(CNC(=O)c1ccc(S(=O)(=O)N(C)C)cc1)c1ccccc1. The minimum Gasteiger partial charge on any atom is -0.351 e. The van der Waals surface area contributed by atoms with Crippen molar-refractivity contribution in [3.8, 4) is 0 Å². The highest BCUT2D eigenvalue weighted by Gasteiger charge is 2.17. The second kappa shape index (κ2) is 7.59. The fraction of sp³-hybridized carbons (Fsp3) is 0.278. The first-order valence-electron chi connectivity index (χ1n) is 7.68.